The highest BCUT2D eigenvalue weighted by molar-refractivity contribution is 7.89. The summed E-state index contributed by atoms with van der Waals surface area (Å²) < 4.78 is 28.5. The molecule has 1 N–H and O–H groups in total. The van der Waals surface area contributed by atoms with Crippen molar-refractivity contribution in [3.05, 3.63) is 0 Å². The highest BCUT2D eigenvalue weighted by atomic mass is 32.2. The number of methoxy groups -OCH3 is 1. The van der Waals surface area contributed by atoms with Crippen LogP contribution in [0, 0.1) is 0 Å². The molecule has 1 amide bonds. The van der Waals surface area contributed by atoms with E-state index >= 15 is 0 Å². The van der Waals surface area contributed by atoms with Crippen molar-refractivity contribution in [3.63, 3.8) is 0 Å². The van der Waals surface area contributed by atoms with Gasteiger partial charge in [-0.2, -0.15) is 4.31 Å². The molecule has 0 bridgehead atoms. The number of likely N-dealkylation sites (N-methyl/N-ethyl adjacent to an activating group) is 1. The van der Waals surface area contributed by atoms with Gasteiger partial charge in [-0.05, 0) is 13.3 Å². The largest absolute Gasteiger partial charge is 0.385 e. The first-order valence-corrected chi connectivity index (χ1v) is 6.74. The van der Waals surface area contributed by atoms with Crippen LogP contribution in [0.1, 0.15) is 13.3 Å². The number of ether oxygens (including phenoxy) is 1. The Labute approximate surface area is 97.0 Å². The fraction of sp³-hybridized carbons (Fsp3) is 0.889. The summed E-state index contributed by atoms with van der Waals surface area (Å²) in [5, 5.41) is 2.62. The van der Waals surface area contributed by atoms with E-state index in [2.05, 4.69) is 5.32 Å². The standard InChI is InChI=1S/C9H20N2O4S/c1-4-16(13,14)11(2)8-9(12)10-6-5-7-15-3/h4-8H2,1-3H3,(H,10,12). The summed E-state index contributed by atoms with van der Waals surface area (Å²) in [5.41, 5.74) is 0. The average Bonchev–Trinajstić information content (AvgIpc) is 2.24. The number of sulfonamides is 1. The van der Waals surface area contributed by atoms with Gasteiger partial charge in [0.1, 0.15) is 0 Å². The third-order valence-electron chi connectivity index (χ3n) is 2.05. The molecule has 0 spiro atoms. The van der Waals surface area contributed by atoms with E-state index in [-0.39, 0.29) is 18.2 Å². The maximum Gasteiger partial charge on any atom is 0.235 e. The Balaban J connectivity index is 3.88. The molecule has 0 aliphatic heterocycles. The number of carbonyl (C=O) groups excluding carboxylic acids is 1. The summed E-state index contributed by atoms with van der Waals surface area (Å²) in [5.74, 6) is -0.295. The molecule has 0 heterocycles. The predicted molar refractivity (Wildman–Crippen MR) is 61.6 cm³/mol. The molecule has 0 atom stereocenters. The molecule has 0 aromatic carbocycles. The van der Waals surface area contributed by atoms with Gasteiger partial charge in [-0.15, -0.1) is 0 Å². The molecule has 0 radical (unpaired) electrons. The van der Waals surface area contributed by atoms with Crippen LogP contribution in [0.15, 0.2) is 0 Å². The summed E-state index contributed by atoms with van der Waals surface area (Å²) in [6, 6.07) is 0. The van der Waals surface area contributed by atoms with Crippen LogP contribution in [-0.4, -0.2) is 58.2 Å². The van der Waals surface area contributed by atoms with E-state index in [4.69, 9.17) is 4.74 Å². The Morgan fingerprint density at radius 2 is 2.06 bits per heavy atom. The fourth-order valence-electron chi connectivity index (χ4n) is 1.02. The lowest BCUT2D eigenvalue weighted by Crippen LogP contribution is -2.39. The first-order valence-electron chi connectivity index (χ1n) is 5.13. The van der Waals surface area contributed by atoms with Crippen molar-refractivity contribution in [2.45, 2.75) is 13.3 Å². The minimum absolute atomic E-state index is 0.000451. The van der Waals surface area contributed by atoms with Gasteiger partial charge in [0.15, 0.2) is 0 Å². The normalized spacial score (nSPS) is 11.8. The van der Waals surface area contributed by atoms with Gasteiger partial charge >= 0.3 is 0 Å². The van der Waals surface area contributed by atoms with E-state index in [0.717, 1.165) is 4.31 Å². The smallest absolute Gasteiger partial charge is 0.235 e. The van der Waals surface area contributed by atoms with Crippen molar-refractivity contribution in [3.8, 4) is 0 Å². The maximum absolute atomic E-state index is 11.3. The van der Waals surface area contributed by atoms with Gasteiger partial charge in [-0.25, -0.2) is 8.42 Å². The van der Waals surface area contributed by atoms with Gasteiger partial charge in [0.25, 0.3) is 0 Å². The van der Waals surface area contributed by atoms with Crippen molar-refractivity contribution in [2.24, 2.45) is 0 Å². The Morgan fingerprint density at radius 3 is 2.56 bits per heavy atom. The molecule has 0 rings (SSSR count). The van der Waals surface area contributed by atoms with E-state index in [0.29, 0.717) is 19.6 Å². The zero-order valence-corrected chi connectivity index (χ0v) is 10.8. The van der Waals surface area contributed by atoms with Crippen molar-refractivity contribution in [1.82, 2.24) is 9.62 Å². The summed E-state index contributed by atoms with van der Waals surface area (Å²) >= 11 is 0. The lowest BCUT2D eigenvalue weighted by molar-refractivity contribution is -0.121. The number of rotatable bonds is 8. The lowest BCUT2D eigenvalue weighted by Gasteiger charge is -2.15. The van der Waals surface area contributed by atoms with Crippen LogP contribution < -0.4 is 5.32 Å². The predicted octanol–water partition coefficient (Wildman–Crippen LogP) is -0.579. The van der Waals surface area contributed by atoms with Gasteiger partial charge in [-0.1, -0.05) is 0 Å². The summed E-state index contributed by atoms with van der Waals surface area (Å²) in [6.45, 7) is 2.47. The van der Waals surface area contributed by atoms with Crippen LogP contribution >= 0.6 is 0 Å². The average molecular weight is 252 g/mol. The number of hydrogen-bond donors (Lipinski definition) is 1. The highest BCUT2D eigenvalue weighted by Crippen LogP contribution is 1.96. The van der Waals surface area contributed by atoms with Crippen molar-refractivity contribution in [1.29, 1.82) is 0 Å². The van der Waals surface area contributed by atoms with E-state index in [1.165, 1.54) is 7.05 Å². The zero-order chi connectivity index (χ0) is 12.6. The van der Waals surface area contributed by atoms with Crippen LogP contribution in [0.25, 0.3) is 0 Å². The minimum atomic E-state index is -3.28. The Bertz CT molecular complexity index is 303. The molecule has 96 valence electrons. The van der Waals surface area contributed by atoms with E-state index in [9.17, 15) is 13.2 Å². The van der Waals surface area contributed by atoms with Crippen molar-refractivity contribution >= 4 is 15.9 Å². The molecular weight excluding hydrogens is 232 g/mol. The van der Waals surface area contributed by atoms with E-state index < -0.39 is 10.0 Å². The molecule has 0 aromatic heterocycles. The van der Waals surface area contributed by atoms with Crippen molar-refractivity contribution < 1.29 is 17.9 Å². The summed E-state index contributed by atoms with van der Waals surface area (Å²) in [7, 11) is -0.298. The Morgan fingerprint density at radius 1 is 1.44 bits per heavy atom. The van der Waals surface area contributed by atoms with Gasteiger partial charge in [0.05, 0.1) is 12.3 Å². The van der Waals surface area contributed by atoms with Crippen LogP contribution in [0.2, 0.25) is 0 Å². The fourth-order valence-corrected chi connectivity index (χ4v) is 1.78. The summed E-state index contributed by atoms with van der Waals surface area (Å²) in [6.07, 6.45) is 0.715. The first kappa shape index (κ1) is 15.3. The van der Waals surface area contributed by atoms with Crippen LogP contribution in [-0.2, 0) is 19.6 Å². The molecule has 0 saturated heterocycles. The second-order valence-corrected chi connectivity index (χ2v) is 5.72. The number of carbonyl (C=O) groups is 1. The minimum Gasteiger partial charge on any atom is -0.385 e. The SMILES string of the molecule is CCS(=O)(=O)N(C)CC(=O)NCCCOC. The van der Waals surface area contributed by atoms with Gasteiger partial charge in [-0.3, -0.25) is 4.79 Å². The zero-order valence-electron chi connectivity index (χ0n) is 10.0. The monoisotopic (exact) mass is 252 g/mol. The van der Waals surface area contributed by atoms with Gasteiger partial charge < -0.3 is 10.1 Å². The molecule has 6 nitrogen and oxygen atoms in total. The highest BCUT2D eigenvalue weighted by Gasteiger charge is 2.17. The van der Waals surface area contributed by atoms with E-state index in [1.54, 1.807) is 14.0 Å². The molecule has 16 heavy (non-hydrogen) atoms. The van der Waals surface area contributed by atoms with E-state index in [1.807, 2.05) is 0 Å². The van der Waals surface area contributed by atoms with Crippen LogP contribution in [0.5, 0.6) is 0 Å². The molecular formula is C9H20N2O4S. The Kier molecular flexibility index (Phi) is 7.27. The van der Waals surface area contributed by atoms with Crippen LogP contribution in [0.4, 0.5) is 0 Å². The second-order valence-electron chi connectivity index (χ2n) is 3.35. The summed E-state index contributed by atoms with van der Waals surface area (Å²) in [4.78, 5) is 11.3. The molecule has 0 aliphatic carbocycles. The molecule has 0 saturated carbocycles. The molecule has 7 heteroatoms. The quantitative estimate of drug-likeness (QED) is 0.586. The van der Waals surface area contributed by atoms with Crippen molar-refractivity contribution in [2.75, 3.05) is 39.6 Å². The molecule has 0 aromatic rings. The Hall–Kier alpha value is -0.660. The molecule has 0 unspecified atom stereocenters. The third-order valence-corrected chi connectivity index (χ3v) is 3.86. The topological polar surface area (TPSA) is 75.7 Å². The second kappa shape index (κ2) is 7.59. The number of nitrogens with zero attached hydrogens (tertiary/aromatic N) is 1. The van der Waals surface area contributed by atoms with Gasteiger partial charge in [0, 0.05) is 27.3 Å². The first-order chi connectivity index (χ1) is 7.44. The lowest BCUT2D eigenvalue weighted by atomic mass is 10.4. The molecule has 0 aliphatic rings. The maximum atomic E-state index is 11.3. The van der Waals surface area contributed by atoms with Crippen LogP contribution in [0.3, 0.4) is 0 Å². The number of amides is 1. The number of nitrogens with one attached hydrogen (secondary N) is 1. The third kappa shape index (κ3) is 6.04. The number of hydrogen-bond acceptors (Lipinski definition) is 4. The molecule has 0 fully saturated rings. The van der Waals surface area contributed by atoms with Gasteiger partial charge in [0.2, 0.25) is 15.9 Å².